The average Bonchev–Trinajstić information content (AvgIpc) is 3.41. The molecule has 1 unspecified atom stereocenters. The van der Waals surface area contributed by atoms with Crippen LogP contribution in [0.15, 0.2) is 72.1 Å². The first kappa shape index (κ1) is 17.5. The van der Waals surface area contributed by atoms with Gasteiger partial charge in [-0.25, -0.2) is 0 Å². The first-order chi connectivity index (χ1) is 13.2. The van der Waals surface area contributed by atoms with E-state index >= 15 is 0 Å². The number of benzene rings is 2. The summed E-state index contributed by atoms with van der Waals surface area (Å²) in [5.74, 6) is -0.0924. The Balaban J connectivity index is 1.47. The summed E-state index contributed by atoms with van der Waals surface area (Å²) in [4.78, 5) is 27.7. The number of hydrogen-bond donors (Lipinski definition) is 1. The van der Waals surface area contributed by atoms with Crippen molar-refractivity contribution < 1.29 is 9.59 Å². The van der Waals surface area contributed by atoms with Crippen molar-refractivity contribution in [3.05, 3.63) is 88.1 Å². The molecule has 0 radical (unpaired) electrons. The maximum atomic E-state index is 13.0. The Morgan fingerprint density at radius 1 is 0.963 bits per heavy atom. The van der Waals surface area contributed by atoms with Gasteiger partial charge in [-0.3, -0.25) is 9.59 Å². The lowest BCUT2D eigenvalue weighted by molar-refractivity contribution is 0.0735. The van der Waals surface area contributed by atoms with Crippen molar-refractivity contribution in [3.8, 4) is 0 Å². The van der Waals surface area contributed by atoms with E-state index in [1.807, 2.05) is 34.5 Å². The highest BCUT2D eigenvalue weighted by Crippen LogP contribution is 2.33. The van der Waals surface area contributed by atoms with Gasteiger partial charge in [0.25, 0.3) is 11.8 Å². The van der Waals surface area contributed by atoms with Crippen LogP contribution in [0.3, 0.4) is 0 Å². The van der Waals surface area contributed by atoms with Crippen LogP contribution in [-0.4, -0.2) is 23.3 Å². The van der Waals surface area contributed by atoms with Crippen molar-refractivity contribution in [1.82, 2.24) is 4.90 Å². The summed E-state index contributed by atoms with van der Waals surface area (Å²) in [7, 11) is 0. The fourth-order valence-corrected chi connectivity index (χ4v) is 4.11. The van der Waals surface area contributed by atoms with Crippen LogP contribution >= 0.6 is 11.3 Å². The number of nitrogens with one attached hydrogen (secondary N) is 1. The molecular weight excluding hydrogens is 356 g/mol. The van der Waals surface area contributed by atoms with Gasteiger partial charge >= 0.3 is 0 Å². The molecule has 1 aliphatic rings. The van der Waals surface area contributed by atoms with Gasteiger partial charge in [0.2, 0.25) is 0 Å². The summed E-state index contributed by atoms with van der Waals surface area (Å²) in [5.41, 5.74) is 2.51. The van der Waals surface area contributed by atoms with E-state index in [-0.39, 0.29) is 17.9 Å². The monoisotopic (exact) mass is 376 g/mol. The predicted octanol–water partition coefficient (Wildman–Crippen LogP) is 4.98. The zero-order chi connectivity index (χ0) is 18.6. The minimum atomic E-state index is -0.132. The highest BCUT2D eigenvalue weighted by Gasteiger charge is 2.30. The zero-order valence-corrected chi connectivity index (χ0v) is 15.6. The third-order valence-corrected chi connectivity index (χ3v) is 5.70. The van der Waals surface area contributed by atoms with Gasteiger partial charge in [-0.15, -0.1) is 11.3 Å². The molecule has 1 saturated heterocycles. The van der Waals surface area contributed by atoms with Crippen molar-refractivity contribution in [1.29, 1.82) is 0 Å². The predicted molar refractivity (Wildman–Crippen MR) is 108 cm³/mol. The van der Waals surface area contributed by atoms with E-state index in [2.05, 4.69) is 17.4 Å². The van der Waals surface area contributed by atoms with E-state index in [4.69, 9.17) is 0 Å². The molecule has 0 bridgehead atoms. The Labute approximate surface area is 162 Å². The van der Waals surface area contributed by atoms with Gasteiger partial charge in [0.15, 0.2) is 0 Å². The standard InChI is InChI=1S/C22H20N2O2S/c25-21(20-9-5-15-27-20)23-18-12-10-17(11-13-18)22(26)24-14-4-8-19(24)16-6-2-1-3-7-16/h1-3,5-7,9-13,15,19H,4,8,14H2,(H,23,25). The quantitative estimate of drug-likeness (QED) is 0.698. The molecule has 1 fully saturated rings. The molecule has 136 valence electrons. The van der Waals surface area contributed by atoms with E-state index in [1.165, 1.54) is 16.9 Å². The Morgan fingerprint density at radius 3 is 2.44 bits per heavy atom. The van der Waals surface area contributed by atoms with Gasteiger partial charge in [-0.1, -0.05) is 36.4 Å². The molecule has 1 aliphatic heterocycles. The van der Waals surface area contributed by atoms with Crippen LogP contribution in [0.2, 0.25) is 0 Å². The SMILES string of the molecule is O=C(Nc1ccc(C(=O)N2CCCC2c2ccccc2)cc1)c1cccs1. The van der Waals surface area contributed by atoms with Gasteiger partial charge < -0.3 is 10.2 Å². The number of amides is 2. The lowest BCUT2D eigenvalue weighted by atomic mass is 10.0. The third-order valence-electron chi connectivity index (χ3n) is 4.83. The number of nitrogens with zero attached hydrogens (tertiary/aromatic N) is 1. The second-order valence-corrected chi connectivity index (χ2v) is 7.52. The molecule has 2 aromatic carbocycles. The van der Waals surface area contributed by atoms with Crippen molar-refractivity contribution in [3.63, 3.8) is 0 Å². The smallest absolute Gasteiger partial charge is 0.265 e. The molecular formula is C22H20N2O2S. The van der Waals surface area contributed by atoms with Crippen LogP contribution in [0, 0.1) is 0 Å². The van der Waals surface area contributed by atoms with Crippen LogP contribution in [0.5, 0.6) is 0 Å². The number of likely N-dealkylation sites (tertiary alicyclic amines) is 1. The van der Waals surface area contributed by atoms with Gasteiger partial charge in [0, 0.05) is 17.8 Å². The second-order valence-electron chi connectivity index (χ2n) is 6.58. The van der Waals surface area contributed by atoms with Crippen molar-refractivity contribution >= 4 is 28.8 Å². The van der Waals surface area contributed by atoms with E-state index in [0.717, 1.165) is 19.4 Å². The molecule has 1 atom stereocenters. The summed E-state index contributed by atoms with van der Waals surface area (Å²) in [6.45, 7) is 0.773. The zero-order valence-electron chi connectivity index (χ0n) is 14.8. The van der Waals surface area contributed by atoms with E-state index in [9.17, 15) is 9.59 Å². The van der Waals surface area contributed by atoms with Crippen LogP contribution < -0.4 is 5.32 Å². The number of thiophene rings is 1. The Hall–Kier alpha value is -2.92. The Kier molecular flexibility index (Phi) is 5.03. The first-order valence-electron chi connectivity index (χ1n) is 9.03. The first-order valence-corrected chi connectivity index (χ1v) is 9.91. The van der Waals surface area contributed by atoms with Crippen LogP contribution in [0.25, 0.3) is 0 Å². The summed E-state index contributed by atoms with van der Waals surface area (Å²) in [5, 5.41) is 4.73. The molecule has 3 aromatic rings. The Bertz CT molecular complexity index is 921. The summed E-state index contributed by atoms with van der Waals surface area (Å²) < 4.78 is 0. The highest BCUT2D eigenvalue weighted by atomic mass is 32.1. The fraction of sp³-hybridized carbons (Fsp3) is 0.182. The van der Waals surface area contributed by atoms with Gasteiger partial charge in [0.1, 0.15) is 0 Å². The van der Waals surface area contributed by atoms with Crippen molar-refractivity contribution in [2.75, 3.05) is 11.9 Å². The molecule has 2 heterocycles. The minimum Gasteiger partial charge on any atom is -0.332 e. The van der Waals surface area contributed by atoms with Crippen molar-refractivity contribution in [2.24, 2.45) is 0 Å². The maximum Gasteiger partial charge on any atom is 0.265 e. The molecule has 1 N–H and O–H groups in total. The van der Waals surface area contributed by atoms with Crippen LogP contribution in [-0.2, 0) is 0 Å². The molecule has 4 nitrogen and oxygen atoms in total. The Morgan fingerprint density at radius 2 is 1.74 bits per heavy atom. The lowest BCUT2D eigenvalue weighted by Gasteiger charge is -2.25. The summed E-state index contributed by atoms with van der Waals surface area (Å²) in [6, 6.07) is 21.1. The molecule has 0 spiro atoms. The second kappa shape index (κ2) is 7.76. The third kappa shape index (κ3) is 3.78. The van der Waals surface area contributed by atoms with E-state index in [0.29, 0.717) is 16.1 Å². The number of carbonyl (C=O) groups excluding carboxylic acids is 2. The fourth-order valence-electron chi connectivity index (χ4n) is 3.49. The average molecular weight is 376 g/mol. The molecule has 0 aliphatic carbocycles. The molecule has 27 heavy (non-hydrogen) atoms. The number of carbonyl (C=O) groups is 2. The topological polar surface area (TPSA) is 49.4 Å². The number of anilines is 1. The lowest BCUT2D eigenvalue weighted by Crippen LogP contribution is -2.30. The summed E-state index contributed by atoms with van der Waals surface area (Å²) >= 11 is 1.40. The van der Waals surface area contributed by atoms with Crippen LogP contribution in [0.1, 0.15) is 44.5 Å². The summed E-state index contributed by atoms with van der Waals surface area (Å²) in [6.07, 6.45) is 2.00. The van der Waals surface area contributed by atoms with E-state index in [1.54, 1.807) is 30.3 Å². The highest BCUT2D eigenvalue weighted by molar-refractivity contribution is 7.12. The molecule has 1 aromatic heterocycles. The van der Waals surface area contributed by atoms with Gasteiger partial charge in [0.05, 0.1) is 10.9 Å². The number of rotatable bonds is 4. The largest absolute Gasteiger partial charge is 0.332 e. The molecule has 5 heteroatoms. The molecule has 2 amide bonds. The minimum absolute atomic E-state index is 0.0393. The maximum absolute atomic E-state index is 13.0. The van der Waals surface area contributed by atoms with Crippen LogP contribution in [0.4, 0.5) is 5.69 Å². The normalized spacial score (nSPS) is 16.3. The van der Waals surface area contributed by atoms with Gasteiger partial charge in [-0.2, -0.15) is 0 Å². The molecule has 0 saturated carbocycles. The van der Waals surface area contributed by atoms with Crippen molar-refractivity contribution in [2.45, 2.75) is 18.9 Å². The number of hydrogen-bond acceptors (Lipinski definition) is 3. The van der Waals surface area contributed by atoms with Gasteiger partial charge in [-0.05, 0) is 54.1 Å². The molecule has 4 rings (SSSR count). The van der Waals surface area contributed by atoms with E-state index < -0.39 is 0 Å².